The zero-order valence-corrected chi connectivity index (χ0v) is 16.1. The quantitative estimate of drug-likeness (QED) is 0.741. The lowest BCUT2D eigenvalue weighted by Crippen LogP contribution is -2.30. The number of nitrogens with one attached hydrogen (secondary N) is 1. The van der Waals surface area contributed by atoms with Crippen molar-refractivity contribution in [3.05, 3.63) is 64.6 Å². The number of rotatable bonds is 3. The lowest BCUT2D eigenvalue weighted by molar-refractivity contribution is 0.0575. The first-order chi connectivity index (χ1) is 13.0. The zero-order chi connectivity index (χ0) is 18.6. The Morgan fingerprint density at radius 2 is 2.22 bits per heavy atom. The van der Waals surface area contributed by atoms with E-state index in [1.54, 1.807) is 12.4 Å². The predicted octanol–water partition coefficient (Wildman–Crippen LogP) is 4.01. The number of hydrogen-bond donors (Lipinski definition) is 2. The van der Waals surface area contributed by atoms with E-state index in [4.69, 9.17) is 0 Å². The van der Waals surface area contributed by atoms with Crippen LogP contribution in [0.2, 0.25) is 0 Å². The summed E-state index contributed by atoms with van der Waals surface area (Å²) < 4.78 is 0. The Hall–Kier alpha value is -2.17. The van der Waals surface area contributed by atoms with Crippen molar-refractivity contribution in [3.8, 4) is 0 Å². The van der Waals surface area contributed by atoms with Crippen LogP contribution in [0.15, 0.2) is 36.7 Å². The molecule has 5 rings (SSSR count). The molecule has 1 saturated heterocycles. The average molecular weight is 361 g/mol. The molecule has 1 fully saturated rings. The number of fused-ring (bicyclic) bond motifs is 5. The lowest BCUT2D eigenvalue weighted by Gasteiger charge is -2.30. The number of pyridine rings is 1. The third-order valence-corrected chi connectivity index (χ3v) is 6.42. The summed E-state index contributed by atoms with van der Waals surface area (Å²) in [7, 11) is 0. The molecule has 2 aromatic heterocycles. The van der Waals surface area contributed by atoms with E-state index in [0.717, 1.165) is 18.5 Å². The Kier molecular flexibility index (Phi) is 3.88. The Balaban J connectivity index is 1.62. The molecule has 0 radical (unpaired) electrons. The first kappa shape index (κ1) is 17.0. The molecule has 4 heterocycles. The van der Waals surface area contributed by atoms with Crippen LogP contribution in [0.3, 0.4) is 0 Å². The molecule has 0 amide bonds. The molecule has 140 valence electrons. The smallest absolute Gasteiger partial charge is 0.0924 e. The van der Waals surface area contributed by atoms with Crippen LogP contribution in [-0.2, 0) is 18.4 Å². The van der Waals surface area contributed by atoms with Gasteiger partial charge in [-0.05, 0) is 56.5 Å². The normalized spacial score (nSPS) is 21.8. The van der Waals surface area contributed by atoms with Gasteiger partial charge in [-0.2, -0.15) is 0 Å². The molecule has 0 bridgehead atoms. The highest BCUT2D eigenvalue weighted by Crippen LogP contribution is 2.43. The summed E-state index contributed by atoms with van der Waals surface area (Å²) in [6.07, 6.45) is 7.74. The number of hydrogen-bond acceptors (Lipinski definition) is 3. The second-order valence-corrected chi connectivity index (χ2v) is 8.50. The molecule has 4 heteroatoms. The molecule has 2 aliphatic heterocycles. The molecule has 2 N–H and O–H groups in total. The van der Waals surface area contributed by atoms with Crippen molar-refractivity contribution in [1.29, 1.82) is 0 Å². The van der Waals surface area contributed by atoms with Crippen LogP contribution in [0, 0.1) is 6.92 Å². The van der Waals surface area contributed by atoms with Gasteiger partial charge in [0.05, 0.1) is 5.60 Å². The number of benzene rings is 1. The van der Waals surface area contributed by atoms with E-state index in [1.807, 2.05) is 19.1 Å². The van der Waals surface area contributed by atoms with Gasteiger partial charge >= 0.3 is 0 Å². The van der Waals surface area contributed by atoms with Gasteiger partial charge in [-0.15, -0.1) is 0 Å². The summed E-state index contributed by atoms with van der Waals surface area (Å²) in [5, 5.41) is 12.5. The summed E-state index contributed by atoms with van der Waals surface area (Å²) in [5.41, 5.74) is 6.50. The van der Waals surface area contributed by atoms with Crippen LogP contribution in [0.5, 0.6) is 0 Å². The fourth-order valence-corrected chi connectivity index (χ4v) is 5.15. The standard InChI is InChI=1S/C23H27N3O/c1-15-11-16(13-23(2,27)17-5-3-8-24-14-17)22-18(12-15)21-19(25-22)7-10-26-9-4-6-20(21)26/h3,5,8,11-12,14,20,25,27H,4,6-7,9-10,13H2,1-2H3. The summed E-state index contributed by atoms with van der Waals surface area (Å²) in [5.74, 6) is 0. The third-order valence-electron chi connectivity index (χ3n) is 6.42. The topological polar surface area (TPSA) is 52.2 Å². The first-order valence-electron chi connectivity index (χ1n) is 10.0. The first-order valence-corrected chi connectivity index (χ1v) is 10.0. The summed E-state index contributed by atoms with van der Waals surface area (Å²) in [6.45, 7) is 6.44. The molecule has 2 atom stereocenters. The van der Waals surface area contributed by atoms with Crippen molar-refractivity contribution in [1.82, 2.24) is 14.9 Å². The maximum absolute atomic E-state index is 11.2. The number of aryl methyl sites for hydroxylation is 1. The average Bonchev–Trinajstić information content (AvgIpc) is 3.26. The van der Waals surface area contributed by atoms with Crippen LogP contribution in [0.1, 0.15) is 53.8 Å². The van der Waals surface area contributed by atoms with E-state index >= 15 is 0 Å². The monoisotopic (exact) mass is 361 g/mol. The summed E-state index contributed by atoms with van der Waals surface area (Å²) in [6, 6.07) is 8.96. The van der Waals surface area contributed by atoms with Crippen molar-refractivity contribution in [3.63, 3.8) is 0 Å². The van der Waals surface area contributed by atoms with Gasteiger partial charge < -0.3 is 10.1 Å². The van der Waals surface area contributed by atoms with Gasteiger partial charge in [0.25, 0.3) is 0 Å². The molecule has 0 aliphatic carbocycles. The Morgan fingerprint density at radius 3 is 3.04 bits per heavy atom. The fraction of sp³-hybridized carbons (Fsp3) is 0.435. The maximum Gasteiger partial charge on any atom is 0.0924 e. The molecule has 0 spiro atoms. The van der Waals surface area contributed by atoms with Gasteiger partial charge in [0, 0.05) is 60.0 Å². The van der Waals surface area contributed by atoms with Gasteiger partial charge in [0.15, 0.2) is 0 Å². The number of nitrogens with zero attached hydrogens (tertiary/aromatic N) is 2. The molecule has 27 heavy (non-hydrogen) atoms. The number of H-pyrrole nitrogens is 1. The molecule has 2 aliphatic rings. The third kappa shape index (κ3) is 2.79. The second-order valence-electron chi connectivity index (χ2n) is 8.50. The fourth-order valence-electron chi connectivity index (χ4n) is 5.15. The minimum atomic E-state index is -0.944. The maximum atomic E-state index is 11.2. The highest BCUT2D eigenvalue weighted by Gasteiger charge is 2.34. The van der Waals surface area contributed by atoms with Gasteiger partial charge in [0.1, 0.15) is 0 Å². The Labute approximate surface area is 160 Å². The lowest BCUT2D eigenvalue weighted by atomic mass is 9.88. The minimum absolute atomic E-state index is 0.566. The molecular formula is C23H27N3O. The largest absolute Gasteiger partial charge is 0.385 e. The van der Waals surface area contributed by atoms with Crippen LogP contribution < -0.4 is 0 Å². The van der Waals surface area contributed by atoms with Crippen molar-refractivity contribution in [2.45, 2.75) is 51.2 Å². The van der Waals surface area contributed by atoms with Gasteiger partial charge in [-0.1, -0.05) is 17.7 Å². The highest BCUT2D eigenvalue weighted by atomic mass is 16.3. The minimum Gasteiger partial charge on any atom is -0.385 e. The second kappa shape index (κ2) is 6.18. The molecule has 0 saturated carbocycles. The van der Waals surface area contributed by atoms with Crippen LogP contribution in [-0.4, -0.2) is 33.1 Å². The molecule has 1 aromatic carbocycles. The SMILES string of the molecule is Cc1cc(CC(C)(O)c2cccnc2)c2[nH]c3c(c2c1)C1CCCN1CC3. The molecule has 4 nitrogen and oxygen atoms in total. The zero-order valence-electron chi connectivity index (χ0n) is 16.1. The van der Waals surface area contributed by atoms with E-state index < -0.39 is 5.60 Å². The number of aromatic amines is 1. The summed E-state index contributed by atoms with van der Waals surface area (Å²) in [4.78, 5) is 10.6. The van der Waals surface area contributed by atoms with Crippen molar-refractivity contribution >= 4 is 10.9 Å². The van der Waals surface area contributed by atoms with E-state index in [0.29, 0.717) is 12.5 Å². The predicted molar refractivity (Wildman–Crippen MR) is 108 cm³/mol. The Morgan fingerprint density at radius 1 is 1.33 bits per heavy atom. The van der Waals surface area contributed by atoms with E-state index in [9.17, 15) is 5.11 Å². The van der Waals surface area contributed by atoms with Gasteiger partial charge in [-0.3, -0.25) is 9.88 Å². The molecule has 3 aromatic rings. The Bertz CT molecular complexity index is 990. The van der Waals surface area contributed by atoms with E-state index in [2.05, 4.69) is 33.9 Å². The van der Waals surface area contributed by atoms with E-state index in [1.165, 1.54) is 52.7 Å². The highest BCUT2D eigenvalue weighted by molar-refractivity contribution is 5.89. The number of aromatic nitrogens is 2. The molecular weight excluding hydrogens is 334 g/mol. The van der Waals surface area contributed by atoms with Crippen LogP contribution >= 0.6 is 0 Å². The molecule has 2 unspecified atom stereocenters. The van der Waals surface area contributed by atoms with Crippen molar-refractivity contribution in [2.75, 3.05) is 13.1 Å². The van der Waals surface area contributed by atoms with Crippen LogP contribution in [0.4, 0.5) is 0 Å². The van der Waals surface area contributed by atoms with Gasteiger partial charge in [-0.25, -0.2) is 0 Å². The van der Waals surface area contributed by atoms with E-state index in [-0.39, 0.29) is 0 Å². The van der Waals surface area contributed by atoms with Crippen molar-refractivity contribution < 1.29 is 5.11 Å². The van der Waals surface area contributed by atoms with Crippen molar-refractivity contribution in [2.24, 2.45) is 0 Å². The van der Waals surface area contributed by atoms with Gasteiger partial charge in [0.2, 0.25) is 0 Å². The van der Waals surface area contributed by atoms with Crippen LogP contribution in [0.25, 0.3) is 10.9 Å². The summed E-state index contributed by atoms with van der Waals surface area (Å²) >= 11 is 0. The number of aliphatic hydroxyl groups is 1.